The highest BCUT2D eigenvalue weighted by molar-refractivity contribution is 5.87. The van der Waals surface area contributed by atoms with Gasteiger partial charge in [-0.1, -0.05) is 0 Å². The van der Waals surface area contributed by atoms with Crippen molar-refractivity contribution in [2.24, 2.45) is 0 Å². The fourth-order valence-corrected chi connectivity index (χ4v) is 2.60. The Morgan fingerprint density at radius 2 is 2.05 bits per heavy atom. The highest BCUT2D eigenvalue weighted by Gasteiger charge is 2.43. The molecule has 1 aliphatic heterocycles. The average molecular weight is 310 g/mol. The van der Waals surface area contributed by atoms with Gasteiger partial charge in [-0.2, -0.15) is 0 Å². The zero-order valence-corrected chi connectivity index (χ0v) is 11.8. The van der Waals surface area contributed by atoms with Crippen molar-refractivity contribution in [1.82, 2.24) is 15.0 Å². The molecule has 1 aliphatic rings. The fourth-order valence-electron chi connectivity index (χ4n) is 2.60. The molecular weight excluding hydrogens is 292 g/mol. The first-order valence-electron chi connectivity index (χ1n) is 6.88. The Labute approximate surface area is 125 Å². The molecule has 2 aromatic heterocycles. The zero-order valence-electron chi connectivity index (χ0n) is 11.8. The molecule has 0 saturated carbocycles. The van der Waals surface area contributed by atoms with Crippen molar-refractivity contribution in [2.75, 3.05) is 11.9 Å². The molecular formula is C13H18N4O5. The molecule has 1 fully saturated rings. The van der Waals surface area contributed by atoms with Crippen molar-refractivity contribution in [3.8, 4) is 0 Å². The summed E-state index contributed by atoms with van der Waals surface area (Å²) in [4.78, 5) is 11.2. The molecule has 0 bridgehead atoms. The first kappa shape index (κ1) is 15.1. The Kier molecular flexibility index (Phi) is 3.98. The van der Waals surface area contributed by atoms with E-state index < -0.39 is 37.3 Å². The van der Waals surface area contributed by atoms with Crippen LogP contribution >= 0.6 is 0 Å². The normalized spacial score (nSPS) is 32.3. The van der Waals surface area contributed by atoms with Gasteiger partial charge in [0.2, 0.25) is 0 Å². The predicted octanol–water partition coefficient (Wildman–Crippen LogP) is -1.52. The molecule has 9 heteroatoms. The van der Waals surface area contributed by atoms with Gasteiger partial charge in [0, 0.05) is 5.69 Å². The molecule has 3 unspecified atom stereocenters. The van der Waals surface area contributed by atoms with Crippen LogP contribution in [0.2, 0.25) is 0 Å². The van der Waals surface area contributed by atoms with Gasteiger partial charge in [0.25, 0.3) is 0 Å². The maximum absolute atomic E-state index is 10.1. The summed E-state index contributed by atoms with van der Waals surface area (Å²) in [5.41, 5.74) is 1.50. The summed E-state index contributed by atoms with van der Waals surface area (Å²) in [6, 6.07) is 0.832. The van der Waals surface area contributed by atoms with Gasteiger partial charge in [-0.25, -0.2) is 9.97 Å². The first-order chi connectivity index (χ1) is 10.5. The topological polar surface area (TPSA) is 144 Å². The second-order valence-corrected chi connectivity index (χ2v) is 5.34. The smallest absolute Gasteiger partial charge is 0.178 e. The highest BCUT2D eigenvalue weighted by Crippen LogP contribution is 2.26. The standard InChI is InChI=1S/C13H18N4O5/c1-5-2-6-11(16-5)14-4-15-12(6)17-8-10(20)9(19)7(3-18)22-13(8)21/h2,4,7-10,13,18-21H,3H2,1H3,(H2,14,15,16,17)/t7-,8?,9?,10-,13?/m1/s1. The molecule has 1 saturated heterocycles. The van der Waals surface area contributed by atoms with Crippen LogP contribution < -0.4 is 5.32 Å². The molecule has 5 atom stereocenters. The van der Waals surface area contributed by atoms with Gasteiger partial charge in [-0.05, 0) is 13.0 Å². The Balaban J connectivity index is 1.87. The van der Waals surface area contributed by atoms with E-state index in [1.54, 1.807) is 0 Å². The van der Waals surface area contributed by atoms with Crippen molar-refractivity contribution in [3.05, 3.63) is 18.1 Å². The number of nitrogens with one attached hydrogen (secondary N) is 2. The quantitative estimate of drug-likeness (QED) is 0.401. The third kappa shape index (κ3) is 2.53. The summed E-state index contributed by atoms with van der Waals surface area (Å²) in [5.74, 6) is 0.399. The number of anilines is 1. The van der Waals surface area contributed by atoms with Gasteiger partial charge in [0.05, 0.1) is 12.0 Å². The van der Waals surface area contributed by atoms with E-state index in [-0.39, 0.29) is 0 Å². The molecule has 0 amide bonds. The van der Waals surface area contributed by atoms with Gasteiger partial charge in [0.15, 0.2) is 6.29 Å². The van der Waals surface area contributed by atoms with E-state index in [4.69, 9.17) is 9.84 Å². The number of aliphatic hydroxyl groups is 4. The Morgan fingerprint density at radius 1 is 1.27 bits per heavy atom. The predicted molar refractivity (Wildman–Crippen MR) is 76.0 cm³/mol. The summed E-state index contributed by atoms with van der Waals surface area (Å²) in [6.45, 7) is 1.37. The number of nitrogens with zero attached hydrogens (tertiary/aromatic N) is 2. The summed E-state index contributed by atoms with van der Waals surface area (Å²) in [5, 5.41) is 42.6. The lowest BCUT2D eigenvalue weighted by Gasteiger charge is -2.40. The lowest BCUT2D eigenvalue weighted by molar-refractivity contribution is -0.245. The van der Waals surface area contributed by atoms with Gasteiger partial charge in [-0.15, -0.1) is 0 Å². The van der Waals surface area contributed by atoms with E-state index in [0.717, 1.165) is 5.69 Å². The van der Waals surface area contributed by atoms with Crippen LogP contribution in [0.25, 0.3) is 11.0 Å². The van der Waals surface area contributed by atoms with Crippen molar-refractivity contribution in [3.63, 3.8) is 0 Å². The SMILES string of the molecule is Cc1cc2c(NC3C(O)O[C@H](CO)C(O)[C@@H]3O)ncnc2[nH]1. The number of aromatic nitrogens is 3. The first-order valence-corrected chi connectivity index (χ1v) is 6.88. The largest absolute Gasteiger partial charge is 0.394 e. The Hall–Kier alpha value is -1.78. The molecule has 0 radical (unpaired) electrons. The van der Waals surface area contributed by atoms with Crippen molar-refractivity contribution >= 4 is 16.9 Å². The van der Waals surface area contributed by atoms with Crippen molar-refractivity contribution in [2.45, 2.75) is 37.6 Å². The molecule has 3 rings (SSSR count). The molecule has 9 nitrogen and oxygen atoms in total. The summed E-state index contributed by atoms with van der Waals surface area (Å²) in [6.07, 6.45) is -3.75. The van der Waals surface area contributed by atoms with Crippen molar-refractivity contribution in [1.29, 1.82) is 0 Å². The molecule has 22 heavy (non-hydrogen) atoms. The summed E-state index contributed by atoms with van der Waals surface area (Å²) >= 11 is 0. The lowest BCUT2D eigenvalue weighted by Crippen LogP contribution is -2.61. The molecule has 120 valence electrons. The lowest BCUT2D eigenvalue weighted by atomic mass is 9.97. The van der Waals surface area contributed by atoms with E-state index in [0.29, 0.717) is 16.9 Å². The van der Waals surface area contributed by atoms with Crippen LogP contribution in [0.4, 0.5) is 5.82 Å². The van der Waals surface area contributed by atoms with E-state index >= 15 is 0 Å². The van der Waals surface area contributed by atoms with Crippen LogP contribution in [0.1, 0.15) is 5.69 Å². The van der Waals surface area contributed by atoms with Crippen LogP contribution in [-0.2, 0) is 4.74 Å². The second-order valence-electron chi connectivity index (χ2n) is 5.34. The van der Waals surface area contributed by atoms with Crippen LogP contribution in [0, 0.1) is 6.92 Å². The average Bonchev–Trinajstić information content (AvgIpc) is 2.88. The minimum Gasteiger partial charge on any atom is -0.394 e. The number of rotatable bonds is 3. The molecule has 3 heterocycles. The highest BCUT2D eigenvalue weighted by atomic mass is 16.6. The Bertz CT molecular complexity index is 663. The van der Waals surface area contributed by atoms with Crippen LogP contribution in [-0.4, -0.2) is 72.6 Å². The van der Waals surface area contributed by atoms with E-state index in [2.05, 4.69) is 20.3 Å². The van der Waals surface area contributed by atoms with E-state index in [1.165, 1.54) is 6.33 Å². The number of ether oxygens (including phenoxy) is 1. The minimum atomic E-state index is -1.40. The van der Waals surface area contributed by atoms with Gasteiger partial charge in [0.1, 0.15) is 42.1 Å². The van der Waals surface area contributed by atoms with E-state index in [1.807, 2.05) is 13.0 Å². The number of hydrogen-bond donors (Lipinski definition) is 6. The summed E-state index contributed by atoms with van der Waals surface area (Å²) < 4.78 is 5.10. The number of aliphatic hydroxyl groups excluding tert-OH is 4. The maximum atomic E-state index is 10.1. The fraction of sp³-hybridized carbons (Fsp3) is 0.538. The monoisotopic (exact) mass is 310 g/mol. The molecule has 0 aromatic carbocycles. The molecule has 6 N–H and O–H groups in total. The number of hydrogen-bond acceptors (Lipinski definition) is 8. The third-order valence-corrected chi connectivity index (χ3v) is 3.76. The molecule has 0 aliphatic carbocycles. The van der Waals surface area contributed by atoms with Crippen LogP contribution in [0.5, 0.6) is 0 Å². The minimum absolute atomic E-state index is 0.399. The molecule has 2 aromatic rings. The van der Waals surface area contributed by atoms with Gasteiger partial charge in [-0.3, -0.25) is 0 Å². The van der Waals surface area contributed by atoms with Crippen molar-refractivity contribution < 1.29 is 25.2 Å². The Morgan fingerprint density at radius 3 is 2.77 bits per heavy atom. The number of H-pyrrole nitrogens is 1. The second kappa shape index (κ2) is 5.78. The zero-order chi connectivity index (χ0) is 15.9. The molecule has 0 spiro atoms. The van der Waals surface area contributed by atoms with Gasteiger partial charge >= 0.3 is 0 Å². The third-order valence-electron chi connectivity index (χ3n) is 3.76. The number of aromatic amines is 1. The van der Waals surface area contributed by atoms with Crippen LogP contribution in [0.3, 0.4) is 0 Å². The van der Waals surface area contributed by atoms with E-state index in [9.17, 15) is 15.3 Å². The number of aryl methyl sites for hydroxylation is 1. The van der Waals surface area contributed by atoms with Gasteiger partial charge < -0.3 is 35.5 Å². The maximum Gasteiger partial charge on any atom is 0.178 e. The number of fused-ring (bicyclic) bond motifs is 1. The summed E-state index contributed by atoms with van der Waals surface area (Å²) in [7, 11) is 0. The van der Waals surface area contributed by atoms with Crippen LogP contribution in [0.15, 0.2) is 12.4 Å².